The van der Waals surface area contributed by atoms with Gasteiger partial charge in [0.2, 0.25) is 5.91 Å². The van der Waals surface area contributed by atoms with E-state index in [2.05, 4.69) is 0 Å². The second-order valence-corrected chi connectivity index (χ2v) is 6.69. The molecule has 2 aliphatic rings. The van der Waals surface area contributed by atoms with E-state index >= 15 is 0 Å². The van der Waals surface area contributed by atoms with Crippen molar-refractivity contribution in [2.45, 2.75) is 58.7 Å². The van der Waals surface area contributed by atoms with Crippen molar-refractivity contribution in [1.82, 2.24) is 4.90 Å². The molecule has 114 valence electrons. The van der Waals surface area contributed by atoms with Gasteiger partial charge in [-0.3, -0.25) is 4.79 Å². The third-order valence-corrected chi connectivity index (χ3v) is 4.75. The molecule has 0 aromatic carbocycles. The number of morpholine rings is 1. The number of carboxylic acids is 1. The number of hydrogen-bond donors (Lipinski definition) is 1. The van der Waals surface area contributed by atoms with Crippen molar-refractivity contribution in [3.05, 3.63) is 0 Å². The van der Waals surface area contributed by atoms with Crippen molar-refractivity contribution in [3.8, 4) is 0 Å². The molecule has 0 spiro atoms. The number of carbonyl (C=O) groups excluding carboxylic acids is 1. The average molecular weight is 283 g/mol. The molecule has 1 unspecified atom stereocenters. The molecule has 1 amide bonds. The highest BCUT2D eigenvalue weighted by Gasteiger charge is 2.43. The first-order chi connectivity index (χ1) is 9.32. The highest BCUT2D eigenvalue weighted by molar-refractivity contribution is 5.83. The maximum absolute atomic E-state index is 12.8. The molecule has 5 heteroatoms. The lowest BCUT2D eigenvalue weighted by Gasteiger charge is -2.41. The molecule has 0 aromatic rings. The summed E-state index contributed by atoms with van der Waals surface area (Å²) in [7, 11) is 0. The monoisotopic (exact) mass is 283 g/mol. The third kappa shape index (κ3) is 2.97. The second-order valence-electron chi connectivity index (χ2n) is 6.69. The Morgan fingerprint density at radius 2 is 1.80 bits per heavy atom. The smallest absolute Gasteiger partial charge is 0.334 e. The average Bonchev–Trinajstić information content (AvgIpc) is 2.91. The molecule has 2 atom stereocenters. The largest absolute Gasteiger partial charge is 0.479 e. The summed E-state index contributed by atoms with van der Waals surface area (Å²) in [4.78, 5) is 25.6. The zero-order chi connectivity index (χ0) is 14.9. The molecule has 0 radical (unpaired) electrons. The zero-order valence-corrected chi connectivity index (χ0v) is 12.6. The van der Waals surface area contributed by atoms with Crippen LogP contribution in [0.5, 0.6) is 0 Å². The van der Waals surface area contributed by atoms with E-state index in [0.29, 0.717) is 12.5 Å². The van der Waals surface area contributed by atoms with Crippen LogP contribution in [0.2, 0.25) is 0 Å². The van der Waals surface area contributed by atoms with E-state index in [9.17, 15) is 9.59 Å². The van der Waals surface area contributed by atoms with Crippen LogP contribution in [0.1, 0.15) is 46.5 Å². The molecule has 2 fully saturated rings. The summed E-state index contributed by atoms with van der Waals surface area (Å²) in [6.07, 6.45) is 3.45. The van der Waals surface area contributed by atoms with Gasteiger partial charge in [-0.15, -0.1) is 0 Å². The number of nitrogens with zero attached hydrogens (tertiary/aromatic N) is 1. The fourth-order valence-corrected chi connectivity index (χ4v) is 3.48. The van der Waals surface area contributed by atoms with Gasteiger partial charge >= 0.3 is 5.97 Å². The van der Waals surface area contributed by atoms with Gasteiger partial charge in [-0.25, -0.2) is 4.79 Å². The molecular formula is C15H25NO4. The van der Waals surface area contributed by atoms with Gasteiger partial charge in [0, 0.05) is 12.0 Å². The van der Waals surface area contributed by atoms with E-state index in [-0.39, 0.29) is 18.6 Å². The van der Waals surface area contributed by atoms with Crippen molar-refractivity contribution < 1.29 is 19.4 Å². The van der Waals surface area contributed by atoms with Crippen LogP contribution >= 0.6 is 0 Å². The predicted octanol–water partition coefficient (Wildman–Crippen LogP) is 1.90. The second kappa shape index (κ2) is 5.72. The minimum Gasteiger partial charge on any atom is -0.479 e. The lowest BCUT2D eigenvalue weighted by molar-refractivity contribution is -0.170. The summed E-state index contributed by atoms with van der Waals surface area (Å²) >= 11 is 0. The van der Waals surface area contributed by atoms with Crippen LogP contribution in [0.4, 0.5) is 0 Å². The first-order valence-corrected chi connectivity index (χ1v) is 7.50. The van der Waals surface area contributed by atoms with Crippen molar-refractivity contribution in [1.29, 1.82) is 0 Å². The van der Waals surface area contributed by atoms with Gasteiger partial charge in [0.15, 0.2) is 6.10 Å². The van der Waals surface area contributed by atoms with E-state index in [1.807, 2.05) is 20.8 Å². The van der Waals surface area contributed by atoms with Crippen molar-refractivity contribution >= 4 is 11.9 Å². The van der Waals surface area contributed by atoms with Crippen LogP contribution in [-0.2, 0) is 14.3 Å². The molecule has 1 heterocycles. The Morgan fingerprint density at radius 1 is 1.20 bits per heavy atom. The Balaban J connectivity index is 2.08. The molecule has 1 N–H and O–H groups in total. The fraction of sp³-hybridized carbons (Fsp3) is 0.867. The summed E-state index contributed by atoms with van der Waals surface area (Å²) in [6, 6.07) is 0. The standard InChI is InChI=1S/C15H25NO4/c1-10-8-16(9-12(20-10)13(17)18)14(19)15(2,3)11-6-4-5-7-11/h10-12H,4-9H2,1-3H3,(H,17,18)/t10-,12?/m1/s1. The van der Waals surface area contributed by atoms with Crippen molar-refractivity contribution in [2.75, 3.05) is 13.1 Å². The van der Waals surface area contributed by atoms with Crippen molar-refractivity contribution in [3.63, 3.8) is 0 Å². The number of aliphatic carboxylic acids is 1. The molecule has 1 aliphatic heterocycles. The maximum atomic E-state index is 12.8. The van der Waals surface area contributed by atoms with Crippen LogP contribution in [0.3, 0.4) is 0 Å². The topological polar surface area (TPSA) is 66.8 Å². The Labute approximate surface area is 120 Å². The quantitative estimate of drug-likeness (QED) is 0.859. The lowest BCUT2D eigenvalue weighted by Crippen LogP contribution is -2.55. The van der Waals surface area contributed by atoms with E-state index < -0.39 is 17.5 Å². The minimum absolute atomic E-state index is 0.0748. The predicted molar refractivity (Wildman–Crippen MR) is 74.3 cm³/mol. The highest BCUT2D eigenvalue weighted by atomic mass is 16.5. The molecule has 2 rings (SSSR count). The minimum atomic E-state index is -0.993. The molecule has 5 nitrogen and oxygen atoms in total. The summed E-state index contributed by atoms with van der Waals surface area (Å²) in [5, 5.41) is 9.11. The van der Waals surface area contributed by atoms with E-state index in [0.717, 1.165) is 12.8 Å². The maximum Gasteiger partial charge on any atom is 0.334 e. The Hall–Kier alpha value is -1.10. The molecular weight excluding hydrogens is 258 g/mol. The Kier molecular flexibility index (Phi) is 4.37. The van der Waals surface area contributed by atoms with Gasteiger partial charge in [-0.2, -0.15) is 0 Å². The lowest BCUT2D eigenvalue weighted by atomic mass is 9.76. The molecule has 0 aromatic heterocycles. The molecule has 1 aliphatic carbocycles. The van der Waals surface area contributed by atoms with E-state index in [1.54, 1.807) is 4.90 Å². The summed E-state index contributed by atoms with van der Waals surface area (Å²) in [6.45, 7) is 6.47. The van der Waals surface area contributed by atoms with E-state index in [4.69, 9.17) is 9.84 Å². The first kappa shape index (κ1) is 15.3. The molecule has 20 heavy (non-hydrogen) atoms. The number of hydrogen-bond acceptors (Lipinski definition) is 3. The van der Waals surface area contributed by atoms with Crippen LogP contribution in [0.15, 0.2) is 0 Å². The molecule has 1 saturated carbocycles. The summed E-state index contributed by atoms with van der Waals surface area (Å²) < 4.78 is 5.37. The van der Waals surface area contributed by atoms with Gasteiger partial charge in [0.05, 0.1) is 12.6 Å². The number of ether oxygens (including phenoxy) is 1. The molecule has 1 saturated heterocycles. The molecule has 0 bridgehead atoms. The van der Waals surface area contributed by atoms with Gasteiger partial charge in [0.25, 0.3) is 0 Å². The van der Waals surface area contributed by atoms with Gasteiger partial charge in [0.1, 0.15) is 0 Å². The highest BCUT2D eigenvalue weighted by Crippen LogP contribution is 2.41. The first-order valence-electron chi connectivity index (χ1n) is 7.50. The summed E-state index contributed by atoms with van der Waals surface area (Å²) in [5.41, 5.74) is -0.406. The van der Waals surface area contributed by atoms with Gasteiger partial charge < -0.3 is 14.7 Å². The summed E-state index contributed by atoms with van der Waals surface area (Å²) in [5.74, 6) is -0.504. The number of carbonyl (C=O) groups is 2. The number of carboxylic acid groups (broad SMARTS) is 1. The normalized spacial score (nSPS) is 28.6. The zero-order valence-electron chi connectivity index (χ0n) is 12.6. The SMILES string of the molecule is C[C@@H]1CN(C(=O)C(C)(C)C2CCCC2)CC(C(=O)O)O1. The Bertz CT molecular complexity index is 387. The van der Waals surface area contributed by atoms with Gasteiger partial charge in [-0.1, -0.05) is 26.7 Å². The number of amides is 1. The van der Waals surface area contributed by atoms with Crippen LogP contribution in [0, 0.1) is 11.3 Å². The third-order valence-electron chi connectivity index (χ3n) is 4.75. The van der Waals surface area contributed by atoms with Crippen molar-refractivity contribution in [2.24, 2.45) is 11.3 Å². The van der Waals surface area contributed by atoms with Crippen LogP contribution in [-0.4, -0.2) is 47.2 Å². The van der Waals surface area contributed by atoms with Crippen LogP contribution < -0.4 is 0 Å². The van der Waals surface area contributed by atoms with E-state index in [1.165, 1.54) is 12.8 Å². The number of rotatable bonds is 3. The Morgan fingerprint density at radius 3 is 2.35 bits per heavy atom. The van der Waals surface area contributed by atoms with Crippen LogP contribution in [0.25, 0.3) is 0 Å². The van der Waals surface area contributed by atoms with Gasteiger partial charge in [-0.05, 0) is 25.7 Å². The fourth-order valence-electron chi connectivity index (χ4n) is 3.48.